The van der Waals surface area contributed by atoms with Crippen LogP contribution in [0.5, 0.6) is 0 Å². The van der Waals surface area contributed by atoms with E-state index >= 15 is 0 Å². The smallest absolute Gasteiger partial charge is 0.0914 e. The van der Waals surface area contributed by atoms with Crippen molar-refractivity contribution in [3.63, 3.8) is 0 Å². The molecule has 2 rings (SSSR count). The lowest BCUT2D eigenvalue weighted by molar-refractivity contribution is 0.204. The summed E-state index contributed by atoms with van der Waals surface area (Å²) in [5, 5.41) is 14.4. The van der Waals surface area contributed by atoms with Crippen molar-refractivity contribution < 1.29 is 5.11 Å². The molecule has 0 bridgehead atoms. The zero-order valence-corrected chi connectivity index (χ0v) is 13.2. The first-order valence-electron chi connectivity index (χ1n) is 6.28. The molecule has 0 aliphatic heterocycles. The van der Waals surface area contributed by atoms with E-state index in [9.17, 15) is 5.11 Å². The van der Waals surface area contributed by atoms with Crippen LogP contribution in [-0.2, 0) is 6.54 Å². The van der Waals surface area contributed by atoms with Crippen molar-refractivity contribution in [2.75, 3.05) is 5.75 Å². The Balaban J connectivity index is 1.89. The molecule has 5 heteroatoms. The molecule has 1 heterocycles. The molecule has 0 amide bonds. The van der Waals surface area contributed by atoms with Gasteiger partial charge in [0.05, 0.1) is 12.3 Å². The molecule has 1 atom stereocenters. The van der Waals surface area contributed by atoms with E-state index in [-0.39, 0.29) is 0 Å². The van der Waals surface area contributed by atoms with Crippen LogP contribution in [0.1, 0.15) is 25.0 Å². The molecular weight excluding hydrogens is 324 g/mol. The van der Waals surface area contributed by atoms with Crippen LogP contribution in [-0.4, -0.2) is 20.6 Å². The molecule has 102 valence electrons. The highest BCUT2D eigenvalue weighted by Gasteiger charge is 2.10. The Bertz CT molecular complexity index is 512. The van der Waals surface area contributed by atoms with Gasteiger partial charge in [-0.15, -0.1) is 11.8 Å². The molecule has 3 nitrogen and oxygen atoms in total. The summed E-state index contributed by atoms with van der Waals surface area (Å²) >= 11 is 5.06. The summed E-state index contributed by atoms with van der Waals surface area (Å²) in [5.41, 5.74) is 0.887. The van der Waals surface area contributed by atoms with Crippen LogP contribution in [0.2, 0.25) is 0 Å². The third-order valence-corrected chi connectivity index (χ3v) is 4.33. The highest BCUT2D eigenvalue weighted by Crippen LogP contribution is 2.25. The second-order valence-corrected chi connectivity index (χ2v) is 6.33. The predicted octanol–water partition coefficient (Wildman–Crippen LogP) is 3.88. The van der Waals surface area contributed by atoms with Gasteiger partial charge in [0, 0.05) is 33.4 Å². The number of aryl methyl sites for hydroxylation is 1. The maximum absolute atomic E-state index is 10.1. The van der Waals surface area contributed by atoms with E-state index < -0.39 is 6.10 Å². The lowest BCUT2D eigenvalue weighted by Gasteiger charge is -2.08. The fourth-order valence-corrected chi connectivity index (χ4v) is 2.84. The second kappa shape index (κ2) is 7.12. The van der Waals surface area contributed by atoms with E-state index in [4.69, 9.17) is 0 Å². The van der Waals surface area contributed by atoms with E-state index in [1.807, 2.05) is 35.1 Å². The van der Waals surface area contributed by atoms with Crippen molar-refractivity contribution in [1.29, 1.82) is 0 Å². The number of thioether (sulfide) groups is 1. The van der Waals surface area contributed by atoms with Gasteiger partial charge in [-0.1, -0.05) is 22.9 Å². The zero-order valence-electron chi connectivity index (χ0n) is 10.8. The first-order valence-corrected chi connectivity index (χ1v) is 8.05. The van der Waals surface area contributed by atoms with Gasteiger partial charge in [0.15, 0.2) is 0 Å². The molecule has 1 aromatic carbocycles. The monoisotopic (exact) mass is 340 g/mol. The first-order chi connectivity index (χ1) is 9.19. The van der Waals surface area contributed by atoms with Gasteiger partial charge in [-0.25, -0.2) is 0 Å². The molecule has 0 aliphatic carbocycles. The van der Waals surface area contributed by atoms with Crippen LogP contribution in [0, 0.1) is 0 Å². The minimum atomic E-state index is -0.473. The molecule has 1 N–H and O–H groups in total. The lowest BCUT2D eigenvalue weighted by atomic mass is 10.2. The summed E-state index contributed by atoms with van der Waals surface area (Å²) in [4.78, 5) is 1.16. The Morgan fingerprint density at radius 3 is 2.79 bits per heavy atom. The van der Waals surface area contributed by atoms with Crippen LogP contribution < -0.4 is 0 Å². The summed E-state index contributed by atoms with van der Waals surface area (Å²) in [6, 6.07) is 8.10. The minimum absolute atomic E-state index is 0.473. The summed E-state index contributed by atoms with van der Waals surface area (Å²) in [7, 11) is 0. The number of hydrogen-bond acceptors (Lipinski definition) is 3. The highest BCUT2D eigenvalue weighted by atomic mass is 79.9. The second-order valence-electron chi connectivity index (χ2n) is 4.32. The minimum Gasteiger partial charge on any atom is -0.387 e. The molecule has 0 spiro atoms. The standard InChI is InChI=1S/C14H17BrN2OS/c1-2-7-17-9-11(8-16-17)14(18)10-19-13-5-3-12(15)4-6-13/h3-6,8-9,14,18H,2,7,10H2,1H3. The Kier molecular flexibility index (Phi) is 5.48. The fourth-order valence-electron chi connectivity index (χ4n) is 1.71. The highest BCUT2D eigenvalue weighted by molar-refractivity contribution is 9.10. The molecular formula is C14H17BrN2OS. The maximum atomic E-state index is 10.1. The third-order valence-electron chi connectivity index (χ3n) is 2.71. The van der Waals surface area contributed by atoms with Gasteiger partial charge in [0.1, 0.15) is 0 Å². The summed E-state index contributed by atoms with van der Waals surface area (Å²) in [5.74, 6) is 0.638. The molecule has 0 radical (unpaired) electrons. The van der Waals surface area contributed by atoms with Crippen molar-refractivity contribution in [2.24, 2.45) is 0 Å². The largest absolute Gasteiger partial charge is 0.387 e. The first kappa shape index (κ1) is 14.6. The van der Waals surface area contributed by atoms with Gasteiger partial charge in [0.25, 0.3) is 0 Å². The van der Waals surface area contributed by atoms with Gasteiger partial charge in [-0.3, -0.25) is 4.68 Å². The van der Waals surface area contributed by atoms with E-state index in [0.717, 1.165) is 27.9 Å². The van der Waals surface area contributed by atoms with Crippen molar-refractivity contribution in [1.82, 2.24) is 9.78 Å². The van der Waals surface area contributed by atoms with Gasteiger partial charge in [-0.05, 0) is 30.7 Å². The van der Waals surface area contributed by atoms with Crippen LogP contribution in [0.3, 0.4) is 0 Å². The molecule has 2 aromatic rings. The van der Waals surface area contributed by atoms with Gasteiger partial charge < -0.3 is 5.11 Å². The van der Waals surface area contributed by atoms with Crippen molar-refractivity contribution in [2.45, 2.75) is 30.9 Å². The topological polar surface area (TPSA) is 38.0 Å². The number of nitrogens with zero attached hydrogens (tertiary/aromatic N) is 2. The zero-order chi connectivity index (χ0) is 13.7. The average molecular weight is 341 g/mol. The molecule has 19 heavy (non-hydrogen) atoms. The maximum Gasteiger partial charge on any atom is 0.0914 e. The van der Waals surface area contributed by atoms with E-state index in [0.29, 0.717) is 5.75 Å². The van der Waals surface area contributed by atoms with Crippen LogP contribution in [0.25, 0.3) is 0 Å². The number of halogens is 1. The molecule has 0 saturated carbocycles. The summed E-state index contributed by atoms with van der Waals surface area (Å²) in [6.45, 7) is 3.01. The number of aromatic nitrogens is 2. The van der Waals surface area contributed by atoms with Crippen molar-refractivity contribution in [3.8, 4) is 0 Å². The fraction of sp³-hybridized carbons (Fsp3) is 0.357. The molecule has 0 saturated heterocycles. The normalized spacial score (nSPS) is 12.6. The molecule has 1 unspecified atom stereocenters. The number of hydrogen-bond donors (Lipinski definition) is 1. The van der Waals surface area contributed by atoms with Crippen molar-refractivity contribution in [3.05, 3.63) is 46.7 Å². The third kappa shape index (κ3) is 4.37. The predicted molar refractivity (Wildman–Crippen MR) is 82.3 cm³/mol. The van der Waals surface area contributed by atoms with E-state index in [1.165, 1.54) is 0 Å². The van der Waals surface area contributed by atoms with Gasteiger partial charge in [0.2, 0.25) is 0 Å². The van der Waals surface area contributed by atoms with Gasteiger partial charge >= 0.3 is 0 Å². The SMILES string of the molecule is CCCn1cc(C(O)CSc2ccc(Br)cc2)cn1. The molecule has 0 fully saturated rings. The Hall–Kier alpha value is -0.780. The number of aliphatic hydroxyl groups excluding tert-OH is 1. The summed E-state index contributed by atoms with van der Waals surface area (Å²) < 4.78 is 2.95. The Morgan fingerprint density at radius 1 is 1.37 bits per heavy atom. The van der Waals surface area contributed by atoms with Crippen molar-refractivity contribution >= 4 is 27.7 Å². The number of aliphatic hydroxyl groups is 1. The van der Waals surface area contributed by atoms with Crippen LogP contribution in [0.4, 0.5) is 0 Å². The van der Waals surface area contributed by atoms with E-state index in [1.54, 1.807) is 18.0 Å². The lowest BCUT2D eigenvalue weighted by Crippen LogP contribution is -2.00. The molecule has 0 aliphatic rings. The number of benzene rings is 1. The molecule has 1 aromatic heterocycles. The average Bonchev–Trinajstić information content (AvgIpc) is 2.87. The van der Waals surface area contributed by atoms with Crippen LogP contribution >= 0.6 is 27.7 Å². The Labute approximate surface area is 126 Å². The van der Waals surface area contributed by atoms with Crippen LogP contribution in [0.15, 0.2) is 46.0 Å². The Morgan fingerprint density at radius 2 is 2.11 bits per heavy atom. The van der Waals surface area contributed by atoms with Gasteiger partial charge in [-0.2, -0.15) is 5.10 Å². The number of rotatable bonds is 6. The summed E-state index contributed by atoms with van der Waals surface area (Å²) in [6.07, 6.45) is 4.25. The quantitative estimate of drug-likeness (QED) is 0.811. The van der Waals surface area contributed by atoms with E-state index in [2.05, 4.69) is 28.0 Å².